The van der Waals surface area contributed by atoms with Gasteiger partial charge in [-0.25, -0.2) is 0 Å². The van der Waals surface area contributed by atoms with E-state index in [0.29, 0.717) is 0 Å². The van der Waals surface area contributed by atoms with E-state index < -0.39 is 0 Å². The molecule has 0 radical (unpaired) electrons. The van der Waals surface area contributed by atoms with Crippen LogP contribution in [0.15, 0.2) is 0 Å². The van der Waals surface area contributed by atoms with Gasteiger partial charge in [0.05, 0.1) is 0 Å². The van der Waals surface area contributed by atoms with Crippen LogP contribution in [0.1, 0.15) is 296 Å². The van der Waals surface area contributed by atoms with Gasteiger partial charge >= 0.3 is 0 Å². The van der Waals surface area contributed by atoms with Crippen molar-refractivity contribution in [3.05, 3.63) is 0 Å². The Balaban J connectivity index is 0.705. The minimum atomic E-state index is 0.767. The molecule has 8 spiro atoms. The van der Waals surface area contributed by atoms with Crippen LogP contribution in [0.5, 0.6) is 0 Å². The monoisotopic (exact) mass is 755 g/mol. The first-order valence-electron chi connectivity index (χ1n) is 26.8. The maximum absolute atomic E-state index is 2.50. The van der Waals surface area contributed by atoms with Crippen LogP contribution in [-0.2, 0) is 0 Å². The lowest BCUT2D eigenvalue weighted by atomic mass is 9.23. The van der Waals surface area contributed by atoms with Gasteiger partial charge in [0.1, 0.15) is 0 Å². The third kappa shape index (κ3) is 8.51. The van der Waals surface area contributed by atoms with Crippen molar-refractivity contribution >= 4 is 0 Å². The van der Waals surface area contributed by atoms with E-state index in [2.05, 4.69) is 6.92 Å². The largest absolute Gasteiger partial charge is 0.0651 e. The van der Waals surface area contributed by atoms with E-state index in [9.17, 15) is 0 Å². The van der Waals surface area contributed by atoms with Gasteiger partial charge in [-0.1, -0.05) is 167 Å². The van der Waals surface area contributed by atoms with E-state index in [1.165, 1.54) is 122 Å². The minimum absolute atomic E-state index is 0.767. The van der Waals surface area contributed by atoms with Gasteiger partial charge in [-0.3, -0.25) is 0 Å². The predicted octanol–water partition coefficient (Wildman–Crippen LogP) is 18.2. The lowest BCUT2D eigenvalue weighted by Crippen LogP contribution is -2.71. The molecule has 9 aliphatic rings. The zero-order valence-corrected chi connectivity index (χ0v) is 37.4. The Morgan fingerprint density at radius 2 is 0.473 bits per heavy atom. The Morgan fingerprint density at radius 1 is 0.255 bits per heavy atom. The Bertz CT molecular complexity index is 1180. The molecule has 9 fully saturated rings. The van der Waals surface area contributed by atoms with Crippen LogP contribution in [0, 0.1) is 49.2 Å². The molecule has 0 amide bonds. The Hall–Kier alpha value is 0. The summed E-state index contributed by atoms with van der Waals surface area (Å²) in [4.78, 5) is 0. The lowest BCUT2D eigenvalue weighted by Gasteiger charge is -2.81. The second-order valence-corrected chi connectivity index (χ2v) is 25.6. The van der Waals surface area contributed by atoms with Crippen molar-refractivity contribution in [2.75, 3.05) is 0 Å². The molecule has 0 N–H and O–H groups in total. The first kappa shape index (κ1) is 40.4. The van der Waals surface area contributed by atoms with Gasteiger partial charge in [0.25, 0.3) is 0 Å². The van der Waals surface area contributed by atoms with Crippen LogP contribution in [-0.4, -0.2) is 0 Å². The van der Waals surface area contributed by atoms with Crippen LogP contribution >= 0.6 is 0 Å². The lowest BCUT2D eigenvalue weighted by molar-refractivity contribution is -0.309. The van der Waals surface area contributed by atoms with Gasteiger partial charge in [0, 0.05) is 0 Å². The minimum Gasteiger partial charge on any atom is -0.0651 e. The van der Waals surface area contributed by atoms with Gasteiger partial charge in [-0.05, 0) is 178 Å². The molecule has 0 heteroatoms. The van der Waals surface area contributed by atoms with E-state index in [0.717, 1.165) is 49.2 Å². The smallest absolute Gasteiger partial charge is 0.0269 e. The van der Waals surface area contributed by atoms with Crippen LogP contribution in [0.3, 0.4) is 0 Å². The fourth-order valence-corrected chi connectivity index (χ4v) is 19.8. The summed E-state index contributed by atoms with van der Waals surface area (Å²) in [6.45, 7) is 2.50. The molecule has 0 aromatic carbocycles. The first-order valence-corrected chi connectivity index (χ1v) is 26.8. The third-order valence-corrected chi connectivity index (χ3v) is 20.8. The van der Waals surface area contributed by atoms with Gasteiger partial charge in [-0.15, -0.1) is 0 Å². The molecule has 0 bridgehead atoms. The van der Waals surface area contributed by atoms with Crippen LogP contribution in [0.4, 0.5) is 0 Å². The zero-order valence-electron chi connectivity index (χ0n) is 37.4. The third-order valence-electron chi connectivity index (χ3n) is 20.8. The molecule has 0 aromatic heterocycles. The van der Waals surface area contributed by atoms with Gasteiger partial charge in [-0.2, -0.15) is 0 Å². The Morgan fingerprint density at radius 3 is 0.709 bits per heavy atom. The molecule has 9 rings (SSSR count). The zero-order chi connectivity index (χ0) is 37.4. The Labute approximate surface area is 343 Å². The number of rotatable bonds is 1. The number of hydrogen-bond acceptors (Lipinski definition) is 0. The summed E-state index contributed by atoms with van der Waals surface area (Å²) in [6.07, 6.45) is 70.8. The molecule has 0 nitrogen and oxygen atoms in total. The fourth-order valence-electron chi connectivity index (χ4n) is 19.8. The normalized spacial score (nSPS) is 37.1. The van der Waals surface area contributed by atoms with Gasteiger partial charge in [0.15, 0.2) is 0 Å². The predicted molar refractivity (Wildman–Crippen MR) is 236 cm³/mol. The second-order valence-electron chi connectivity index (χ2n) is 25.6. The van der Waals surface area contributed by atoms with Crippen LogP contribution in [0.2, 0.25) is 0 Å². The average Bonchev–Trinajstić information content (AvgIpc) is 3.07. The highest BCUT2D eigenvalue weighted by atomic mass is 14.8. The van der Waals surface area contributed by atoms with E-state index >= 15 is 0 Å². The summed E-state index contributed by atoms with van der Waals surface area (Å²) in [6, 6.07) is 0. The molecular formula is C55H94. The van der Waals surface area contributed by atoms with E-state index in [4.69, 9.17) is 0 Å². The molecule has 0 aliphatic heterocycles. The molecule has 0 saturated heterocycles. The fraction of sp³-hybridized carbons (Fsp3) is 1.00. The van der Waals surface area contributed by atoms with Crippen molar-refractivity contribution in [2.45, 2.75) is 296 Å². The standard InChI is InChI=1S/C55H94/c1-2-47-27-34-55(47)32-25-19-15-11-10-14-18-23-30-49(31-24-20-26-33-55)37-51(38-49)41-53(42-51)45-54(46-53)43-52(44-54)39-50(40-52)35-48(36-50)28-21-16-12-8-6-4-3-5-7-9-13-17-22-29-48/h47H,2-46H2,1H3. The van der Waals surface area contributed by atoms with Crippen molar-refractivity contribution < 1.29 is 0 Å². The molecule has 9 saturated carbocycles. The topological polar surface area (TPSA) is 0 Å². The molecule has 0 aromatic rings. The summed E-state index contributed by atoms with van der Waals surface area (Å²) in [5.74, 6) is 1.07. The molecule has 9 aliphatic carbocycles. The molecular weight excluding hydrogens is 661 g/mol. The van der Waals surface area contributed by atoms with E-state index in [-0.39, 0.29) is 0 Å². The average molecular weight is 755 g/mol. The van der Waals surface area contributed by atoms with Crippen LogP contribution < -0.4 is 0 Å². The van der Waals surface area contributed by atoms with E-state index in [1.807, 2.05) is 0 Å². The second kappa shape index (κ2) is 16.5. The maximum Gasteiger partial charge on any atom is -0.0269 e. The molecule has 55 heavy (non-hydrogen) atoms. The summed E-state index contributed by atoms with van der Waals surface area (Å²) in [7, 11) is 0. The number of hydrogen-bond donors (Lipinski definition) is 0. The molecule has 2 unspecified atom stereocenters. The van der Waals surface area contributed by atoms with Gasteiger partial charge in [0.2, 0.25) is 0 Å². The van der Waals surface area contributed by atoms with Crippen molar-refractivity contribution in [3.63, 3.8) is 0 Å². The first-order chi connectivity index (χ1) is 26.8. The van der Waals surface area contributed by atoms with Crippen molar-refractivity contribution in [3.8, 4) is 0 Å². The Kier molecular flexibility index (Phi) is 12.1. The summed E-state index contributed by atoms with van der Waals surface area (Å²) in [5, 5.41) is 0. The highest BCUT2D eigenvalue weighted by Crippen LogP contribution is 2.87. The van der Waals surface area contributed by atoms with Gasteiger partial charge < -0.3 is 0 Å². The quantitative estimate of drug-likeness (QED) is 0.250. The summed E-state index contributed by atoms with van der Waals surface area (Å²) in [5.41, 5.74) is 6.46. The van der Waals surface area contributed by atoms with Crippen molar-refractivity contribution in [1.29, 1.82) is 0 Å². The maximum atomic E-state index is 2.50. The molecule has 0 heterocycles. The van der Waals surface area contributed by atoms with E-state index in [1.54, 1.807) is 167 Å². The van der Waals surface area contributed by atoms with Crippen LogP contribution in [0.25, 0.3) is 0 Å². The van der Waals surface area contributed by atoms with Crippen molar-refractivity contribution in [2.24, 2.45) is 49.2 Å². The highest BCUT2D eigenvalue weighted by Gasteiger charge is 2.76. The SMILES string of the molecule is CCC1CCC12CCCCCCCCCCC1(CCCCC2)CC2(C1)CC1(C2)CC2(CC3(CC4(CC5(CCCCCCCCCCCCCCC5)C4)C3)C2)C1. The highest BCUT2D eigenvalue weighted by molar-refractivity contribution is 5.27. The molecule has 314 valence electrons. The van der Waals surface area contributed by atoms with Crippen molar-refractivity contribution in [1.82, 2.24) is 0 Å². The summed E-state index contributed by atoms with van der Waals surface area (Å²) < 4.78 is 0. The molecule has 2 atom stereocenters. The summed E-state index contributed by atoms with van der Waals surface area (Å²) >= 11 is 0.